The molecule has 3 aromatic rings. The Balaban J connectivity index is 1.84. The Labute approximate surface area is 126 Å². The van der Waals surface area contributed by atoms with Gasteiger partial charge in [-0.1, -0.05) is 64.5 Å². The predicted octanol–water partition coefficient (Wildman–Crippen LogP) is 5.89. The van der Waals surface area contributed by atoms with E-state index in [0.29, 0.717) is 0 Å². The summed E-state index contributed by atoms with van der Waals surface area (Å²) in [6, 6.07) is 23.6. The van der Waals surface area contributed by atoms with Gasteiger partial charge in [-0.3, -0.25) is 0 Å². The second kappa shape index (κ2) is 5.81. The van der Waals surface area contributed by atoms with E-state index in [-0.39, 0.29) is 0 Å². The first kappa shape index (κ1) is 12.8. The van der Waals surface area contributed by atoms with Crippen molar-refractivity contribution in [2.75, 3.05) is 0 Å². The van der Waals surface area contributed by atoms with Crippen LogP contribution < -0.4 is 0 Å². The molecule has 0 aliphatic heterocycles. The average molecular weight is 329 g/mol. The molecule has 0 amide bonds. The normalized spacial score (nSPS) is 10.8. The van der Waals surface area contributed by atoms with Crippen molar-refractivity contribution in [3.63, 3.8) is 0 Å². The summed E-state index contributed by atoms with van der Waals surface area (Å²) in [6.07, 6.45) is 0. The van der Waals surface area contributed by atoms with Crippen LogP contribution in [0.15, 0.2) is 76.1 Å². The number of hydrogen-bond donors (Lipinski definition) is 0. The van der Waals surface area contributed by atoms with Crippen LogP contribution >= 0.6 is 27.7 Å². The molecular weight excluding hydrogens is 316 g/mol. The van der Waals surface area contributed by atoms with Gasteiger partial charge in [0.25, 0.3) is 0 Å². The van der Waals surface area contributed by atoms with E-state index < -0.39 is 0 Å². The van der Waals surface area contributed by atoms with Gasteiger partial charge in [0.15, 0.2) is 0 Å². The van der Waals surface area contributed by atoms with E-state index in [1.165, 1.54) is 21.2 Å². The monoisotopic (exact) mass is 328 g/mol. The Kier molecular flexibility index (Phi) is 3.90. The summed E-state index contributed by atoms with van der Waals surface area (Å²) in [6.45, 7) is 0. The number of fused-ring (bicyclic) bond motifs is 1. The fraction of sp³-hybridized carbons (Fsp3) is 0.0588. The quantitative estimate of drug-likeness (QED) is 0.540. The van der Waals surface area contributed by atoms with Crippen LogP contribution in [0.1, 0.15) is 5.56 Å². The molecule has 2 heteroatoms. The van der Waals surface area contributed by atoms with Crippen molar-refractivity contribution in [1.29, 1.82) is 0 Å². The van der Waals surface area contributed by atoms with Crippen molar-refractivity contribution in [3.8, 4) is 0 Å². The summed E-state index contributed by atoms with van der Waals surface area (Å²) in [4.78, 5) is 1.35. The van der Waals surface area contributed by atoms with Gasteiger partial charge in [-0.15, -0.1) is 11.8 Å². The third kappa shape index (κ3) is 3.02. The highest BCUT2D eigenvalue weighted by atomic mass is 79.9. The lowest BCUT2D eigenvalue weighted by Gasteiger charge is -2.06. The highest BCUT2D eigenvalue weighted by Gasteiger charge is 2.01. The van der Waals surface area contributed by atoms with Gasteiger partial charge in [-0.2, -0.15) is 0 Å². The summed E-state index contributed by atoms with van der Waals surface area (Å²) < 4.78 is 1.13. The highest BCUT2D eigenvalue weighted by molar-refractivity contribution is 9.10. The van der Waals surface area contributed by atoms with E-state index in [1.807, 2.05) is 11.8 Å². The molecule has 0 saturated carbocycles. The van der Waals surface area contributed by atoms with Crippen molar-refractivity contribution < 1.29 is 0 Å². The van der Waals surface area contributed by atoms with Crippen LogP contribution in [0.4, 0.5) is 0 Å². The van der Waals surface area contributed by atoms with Gasteiger partial charge >= 0.3 is 0 Å². The smallest absolute Gasteiger partial charge is 0.0232 e. The van der Waals surface area contributed by atoms with Gasteiger partial charge in [-0.05, 0) is 34.5 Å². The maximum atomic E-state index is 3.47. The van der Waals surface area contributed by atoms with Crippen LogP contribution in [0, 0.1) is 0 Å². The van der Waals surface area contributed by atoms with Gasteiger partial charge < -0.3 is 0 Å². The first-order chi connectivity index (χ1) is 9.33. The fourth-order valence-electron chi connectivity index (χ4n) is 2.06. The van der Waals surface area contributed by atoms with Gasteiger partial charge in [0.2, 0.25) is 0 Å². The Morgan fingerprint density at radius 3 is 2.37 bits per heavy atom. The van der Waals surface area contributed by atoms with Crippen molar-refractivity contribution in [2.45, 2.75) is 10.6 Å². The lowest BCUT2D eigenvalue weighted by atomic mass is 10.1. The standard InChI is InChI=1S/C17H13BrS/c18-15-10-8-13(9-11-15)12-19-17-7-3-5-14-4-1-2-6-16(14)17/h1-11H,12H2. The molecule has 94 valence electrons. The second-order valence-corrected chi connectivity index (χ2v) is 6.33. The predicted molar refractivity (Wildman–Crippen MR) is 87.7 cm³/mol. The van der Waals surface area contributed by atoms with Crippen molar-refractivity contribution >= 4 is 38.5 Å². The van der Waals surface area contributed by atoms with Gasteiger partial charge in [0.05, 0.1) is 0 Å². The van der Waals surface area contributed by atoms with Crippen LogP contribution in [0.25, 0.3) is 10.8 Å². The first-order valence-corrected chi connectivity index (χ1v) is 7.96. The van der Waals surface area contributed by atoms with Gasteiger partial charge in [-0.25, -0.2) is 0 Å². The average Bonchev–Trinajstić information content (AvgIpc) is 2.47. The molecular formula is C17H13BrS. The number of halogens is 1. The van der Waals surface area contributed by atoms with Gasteiger partial charge in [0, 0.05) is 15.1 Å². The minimum Gasteiger partial charge on any atom is -0.121 e. The summed E-state index contributed by atoms with van der Waals surface area (Å²) in [5, 5.41) is 2.65. The SMILES string of the molecule is Brc1ccc(CSc2cccc3ccccc23)cc1. The lowest BCUT2D eigenvalue weighted by molar-refractivity contribution is 1.39. The molecule has 0 atom stereocenters. The fourth-order valence-corrected chi connectivity index (χ4v) is 3.36. The number of hydrogen-bond acceptors (Lipinski definition) is 1. The molecule has 0 fully saturated rings. The zero-order valence-corrected chi connectivity index (χ0v) is 12.7. The Morgan fingerprint density at radius 1 is 0.789 bits per heavy atom. The molecule has 0 N–H and O–H groups in total. The van der Waals surface area contributed by atoms with E-state index in [9.17, 15) is 0 Å². The third-order valence-electron chi connectivity index (χ3n) is 3.06. The molecule has 0 saturated heterocycles. The topological polar surface area (TPSA) is 0 Å². The largest absolute Gasteiger partial charge is 0.121 e. The first-order valence-electron chi connectivity index (χ1n) is 6.18. The Hall–Kier alpha value is -1.25. The molecule has 0 spiro atoms. The minimum absolute atomic E-state index is 1.00. The molecule has 0 aliphatic carbocycles. The molecule has 3 rings (SSSR count). The van der Waals surface area contributed by atoms with E-state index in [2.05, 4.69) is 82.7 Å². The van der Waals surface area contributed by atoms with Crippen LogP contribution in [0.2, 0.25) is 0 Å². The van der Waals surface area contributed by atoms with E-state index >= 15 is 0 Å². The molecule has 0 heterocycles. The number of thioether (sulfide) groups is 1. The molecule has 0 unspecified atom stereocenters. The van der Waals surface area contributed by atoms with E-state index in [4.69, 9.17) is 0 Å². The zero-order chi connectivity index (χ0) is 13.1. The number of benzene rings is 3. The summed E-state index contributed by atoms with van der Waals surface area (Å²) in [7, 11) is 0. The molecule has 0 nitrogen and oxygen atoms in total. The van der Waals surface area contributed by atoms with Crippen molar-refractivity contribution in [1.82, 2.24) is 0 Å². The second-order valence-electron chi connectivity index (χ2n) is 4.39. The van der Waals surface area contributed by atoms with Crippen LogP contribution in [-0.2, 0) is 5.75 Å². The molecule has 0 bridgehead atoms. The Morgan fingerprint density at radius 2 is 1.53 bits per heavy atom. The maximum absolute atomic E-state index is 3.47. The summed E-state index contributed by atoms with van der Waals surface area (Å²) >= 11 is 5.36. The van der Waals surface area contributed by atoms with Crippen LogP contribution in [0.5, 0.6) is 0 Å². The van der Waals surface area contributed by atoms with Gasteiger partial charge in [0.1, 0.15) is 0 Å². The van der Waals surface area contributed by atoms with Crippen molar-refractivity contribution in [2.24, 2.45) is 0 Å². The van der Waals surface area contributed by atoms with Crippen LogP contribution in [-0.4, -0.2) is 0 Å². The van der Waals surface area contributed by atoms with E-state index in [1.54, 1.807) is 0 Å². The van der Waals surface area contributed by atoms with E-state index in [0.717, 1.165) is 10.2 Å². The maximum Gasteiger partial charge on any atom is 0.0232 e. The van der Waals surface area contributed by atoms with Crippen LogP contribution in [0.3, 0.4) is 0 Å². The molecule has 0 radical (unpaired) electrons. The summed E-state index contributed by atoms with van der Waals surface area (Å²) in [5.74, 6) is 1.00. The molecule has 0 aliphatic rings. The third-order valence-corrected chi connectivity index (χ3v) is 4.73. The Bertz CT molecular complexity index is 684. The molecule has 19 heavy (non-hydrogen) atoms. The lowest BCUT2D eigenvalue weighted by Crippen LogP contribution is -1.81. The van der Waals surface area contributed by atoms with Crippen molar-refractivity contribution in [3.05, 3.63) is 76.8 Å². The molecule has 0 aromatic heterocycles. The minimum atomic E-state index is 1.00. The summed E-state index contributed by atoms with van der Waals surface area (Å²) in [5.41, 5.74) is 1.35. The highest BCUT2D eigenvalue weighted by Crippen LogP contribution is 2.30. The number of rotatable bonds is 3. The molecule has 3 aromatic carbocycles. The zero-order valence-electron chi connectivity index (χ0n) is 10.3.